The molecule has 6 heteroatoms. The predicted molar refractivity (Wildman–Crippen MR) is 88.9 cm³/mol. The third-order valence-electron chi connectivity index (χ3n) is 2.66. The van der Waals surface area contributed by atoms with Crippen LogP contribution in [0.4, 0.5) is 17.3 Å². The number of nitrogens with zero attached hydrogens (tertiary/aromatic N) is 2. The van der Waals surface area contributed by atoms with Gasteiger partial charge in [0.1, 0.15) is 17.4 Å². The van der Waals surface area contributed by atoms with E-state index in [9.17, 15) is 0 Å². The number of thioether (sulfide) groups is 1. The Morgan fingerprint density at radius 3 is 2.67 bits per heavy atom. The summed E-state index contributed by atoms with van der Waals surface area (Å²) in [5.41, 5.74) is 0.939. The number of hydrogen-bond acceptors (Lipinski definition) is 6. The van der Waals surface area contributed by atoms with E-state index in [0.717, 1.165) is 34.8 Å². The van der Waals surface area contributed by atoms with Gasteiger partial charge in [0.25, 0.3) is 0 Å². The average Bonchev–Trinajstić information content (AvgIpc) is 2.48. The van der Waals surface area contributed by atoms with Crippen LogP contribution in [0.25, 0.3) is 0 Å². The molecular formula is C15H20N4OS. The van der Waals surface area contributed by atoms with Crippen molar-refractivity contribution in [2.75, 3.05) is 30.0 Å². The fourth-order valence-electron chi connectivity index (χ4n) is 1.83. The standard InChI is InChI=1S/C15H20N4OS/c1-4-16-13-10-14(19-15(18-13)21-3)17-11-7-6-8-12(9-11)20-5-2/h6-10H,4-5H2,1-3H3,(H2,16,17,18,19). The molecule has 0 amide bonds. The highest BCUT2D eigenvalue weighted by molar-refractivity contribution is 7.98. The number of aromatic nitrogens is 2. The van der Waals surface area contributed by atoms with Crippen LogP contribution in [0, 0.1) is 0 Å². The molecule has 1 aromatic carbocycles. The summed E-state index contributed by atoms with van der Waals surface area (Å²) in [6.45, 7) is 5.49. The summed E-state index contributed by atoms with van der Waals surface area (Å²) in [4.78, 5) is 8.87. The first kappa shape index (κ1) is 15.4. The van der Waals surface area contributed by atoms with Crippen molar-refractivity contribution >= 4 is 29.1 Å². The van der Waals surface area contributed by atoms with E-state index in [1.807, 2.05) is 50.4 Å². The average molecular weight is 304 g/mol. The first-order valence-corrected chi connectivity index (χ1v) is 8.14. The molecular weight excluding hydrogens is 284 g/mol. The Bertz CT molecular complexity index is 592. The Morgan fingerprint density at radius 2 is 1.95 bits per heavy atom. The summed E-state index contributed by atoms with van der Waals surface area (Å²) in [6.07, 6.45) is 1.96. The molecule has 21 heavy (non-hydrogen) atoms. The molecule has 0 unspecified atom stereocenters. The molecule has 2 aromatic rings. The van der Waals surface area contributed by atoms with E-state index in [4.69, 9.17) is 4.74 Å². The lowest BCUT2D eigenvalue weighted by Crippen LogP contribution is -2.03. The van der Waals surface area contributed by atoms with Crippen LogP contribution in [-0.2, 0) is 0 Å². The Kier molecular flexibility index (Phi) is 5.68. The lowest BCUT2D eigenvalue weighted by atomic mass is 10.3. The van der Waals surface area contributed by atoms with Crippen LogP contribution in [0.5, 0.6) is 5.75 Å². The molecule has 1 aromatic heterocycles. The second kappa shape index (κ2) is 7.73. The maximum absolute atomic E-state index is 5.50. The van der Waals surface area contributed by atoms with E-state index in [0.29, 0.717) is 6.61 Å². The highest BCUT2D eigenvalue weighted by atomic mass is 32.2. The monoisotopic (exact) mass is 304 g/mol. The summed E-state index contributed by atoms with van der Waals surface area (Å²) >= 11 is 1.52. The van der Waals surface area contributed by atoms with Crippen LogP contribution in [0.3, 0.4) is 0 Å². The van der Waals surface area contributed by atoms with Gasteiger partial charge in [-0.2, -0.15) is 0 Å². The molecule has 0 aliphatic carbocycles. The Morgan fingerprint density at radius 1 is 1.14 bits per heavy atom. The second-order valence-corrected chi connectivity index (χ2v) is 5.01. The van der Waals surface area contributed by atoms with Crippen molar-refractivity contribution in [1.82, 2.24) is 9.97 Å². The zero-order valence-corrected chi connectivity index (χ0v) is 13.3. The molecule has 2 N–H and O–H groups in total. The van der Waals surface area contributed by atoms with Crippen LogP contribution >= 0.6 is 11.8 Å². The molecule has 0 aliphatic rings. The van der Waals surface area contributed by atoms with Gasteiger partial charge in [-0.25, -0.2) is 9.97 Å². The van der Waals surface area contributed by atoms with Crippen molar-refractivity contribution in [2.24, 2.45) is 0 Å². The zero-order valence-electron chi connectivity index (χ0n) is 12.5. The largest absolute Gasteiger partial charge is 0.494 e. The van der Waals surface area contributed by atoms with Crippen molar-refractivity contribution < 1.29 is 4.74 Å². The minimum atomic E-state index is 0.651. The summed E-state index contributed by atoms with van der Waals surface area (Å²) < 4.78 is 5.50. The van der Waals surface area contributed by atoms with E-state index in [1.54, 1.807) is 0 Å². The predicted octanol–water partition coefficient (Wildman–Crippen LogP) is 3.77. The number of nitrogens with one attached hydrogen (secondary N) is 2. The summed E-state index contributed by atoms with van der Waals surface area (Å²) in [5.74, 6) is 2.42. The topological polar surface area (TPSA) is 59.1 Å². The number of hydrogen-bond donors (Lipinski definition) is 2. The number of ether oxygens (including phenoxy) is 1. The van der Waals surface area contributed by atoms with Gasteiger partial charge in [-0.05, 0) is 32.2 Å². The van der Waals surface area contributed by atoms with Gasteiger partial charge in [0.05, 0.1) is 6.61 Å². The van der Waals surface area contributed by atoms with Gasteiger partial charge in [0.2, 0.25) is 0 Å². The van der Waals surface area contributed by atoms with Gasteiger partial charge in [-0.3, -0.25) is 0 Å². The van der Waals surface area contributed by atoms with Gasteiger partial charge >= 0.3 is 0 Å². The Balaban J connectivity index is 2.21. The van der Waals surface area contributed by atoms with Crippen LogP contribution in [0.1, 0.15) is 13.8 Å². The molecule has 0 fully saturated rings. The van der Waals surface area contributed by atoms with Crippen LogP contribution in [0.15, 0.2) is 35.5 Å². The van der Waals surface area contributed by atoms with E-state index in [2.05, 4.69) is 20.6 Å². The third kappa shape index (κ3) is 4.53. The van der Waals surface area contributed by atoms with Crippen LogP contribution < -0.4 is 15.4 Å². The van der Waals surface area contributed by atoms with Crippen molar-refractivity contribution in [3.8, 4) is 5.75 Å². The first-order chi connectivity index (χ1) is 10.2. The maximum atomic E-state index is 5.50. The van der Waals surface area contributed by atoms with Crippen molar-refractivity contribution in [3.63, 3.8) is 0 Å². The second-order valence-electron chi connectivity index (χ2n) is 4.24. The van der Waals surface area contributed by atoms with E-state index >= 15 is 0 Å². The lowest BCUT2D eigenvalue weighted by Gasteiger charge is -2.11. The summed E-state index contributed by atoms with van der Waals surface area (Å²) in [7, 11) is 0. The molecule has 0 atom stereocenters. The normalized spacial score (nSPS) is 10.2. The van der Waals surface area contributed by atoms with Gasteiger partial charge in [-0.15, -0.1) is 0 Å². The minimum Gasteiger partial charge on any atom is -0.494 e. The SMILES string of the molecule is CCNc1cc(Nc2cccc(OCC)c2)nc(SC)n1. The van der Waals surface area contributed by atoms with Crippen molar-refractivity contribution in [1.29, 1.82) is 0 Å². The summed E-state index contributed by atoms with van der Waals surface area (Å²) in [6, 6.07) is 9.73. The Labute approximate surface area is 129 Å². The smallest absolute Gasteiger partial charge is 0.191 e. The molecule has 1 heterocycles. The molecule has 112 valence electrons. The van der Waals surface area contributed by atoms with E-state index in [1.165, 1.54) is 11.8 Å². The lowest BCUT2D eigenvalue weighted by molar-refractivity contribution is 0.340. The number of benzene rings is 1. The fourth-order valence-corrected chi connectivity index (χ4v) is 2.21. The van der Waals surface area contributed by atoms with Gasteiger partial charge < -0.3 is 15.4 Å². The van der Waals surface area contributed by atoms with Gasteiger partial charge in [-0.1, -0.05) is 17.8 Å². The molecule has 0 aliphatic heterocycles. The molecule has 0 bridgehead atoms. The maximum Gasteiger partial charge on any atom is 0.191 e. The number of anilines is 3. The van der Waals surface area contributed by atoms with Gasteiger partial charge in [0.15, 0.2) is 5.16 Å². The zero-order chi connectivity index (χ0) is 15.1. The summed E-state index contributed by atoms with van der Waals surface area (Å²) in [5, 5.41) is 7.24. The van der Waals surface area contributed by atoms with E-state index < -0.39 is 0 Å². The highest BCUT2D eigenvalue weighted by Gasteiger charge is 2.04. The highest BCUT2D eigenvalue weighted by Crippen LogP contribution is 2.23. The quantitative estimate of drug-likeness (QED) is 0.600. The van der Waals surface area contributed by atoms with Crippen LogP contribution in [-0.4, -0.2) is 29.4 Å². The minimum absolute atomic E-state index is 0.651. The molecule has 2 rings (SSSR count). The Hall–Kier alpha value is -1.95. The molecule has 5 nitrogen and oxygen atoms in total. The molecule has 0 saturated carbocycles. The molecule has 0 radical (unpaired) electrons. The van der Waals surface area contributed by atoms with Crippen molar-refractivity contribution in [2.45, 2.75) is 19.0 Å². The van der Waals surface area contributed by atoms with E-state index in [-0.39, 0.29) is 0 Å². The number of rotatable bonds is 7. The van der Waals surface area contributed by atoms with Crippen molar-refractivity contribution in [3.05, 3.63) is 30.3 Å². The van der Waals surface area contributed by atoms with Crippen LogP contribution in [0.2, 0.25) is 0 Å². The fraction of sp³-hybridized carbons (Fsp3) is 0.333. The molecule has 0 spiro atoms. The third-order valence-corrected chi connectivity index (χ3v) is 3.21. The first-order valence-electron chi connectivity index (χ1n) is 6.92. The van der Waals surface area contributed by atoms with Gasteiger partial charge in [0, 0.05) is 24.4 Å². The molecule has 0 saturated heterocycles.